The fourth-order valence-electron chi connectivity index (χ4n) is 2.06. The van der Waals surface area contributed by atoms with E-state index in [2.05, 4.69) is 26.0 Å². The average Bonchev–Trinajstić information content (AvgIpc) is 2.84. The summed E-state index contributed by atoms with van der Waals surface area (Å²) in [6.45, 7) is 4.38. The second kappa shape index (κ2) is 7.58. The standard InChI is InChI=1S/C15H21BrN4O2/c1-11(2)22-15(21)19(3)8-5-4-6-12-7-9-20-14(18-12)13(16)10-17-20/h7,9-11H,4-6,8H2,1-3H3. The third kappa shape index (κ3) is 4.43. The number of hydrogen-bond donors (Lipinski definition) is 0. The number of nitrogens with zero attached hydrogens (tertiary/aromatic N) is 4. The van der Waals surface area contributed by atoms with Crippen molar-refractivity contribution < 1.29 is 9.53 Å². The summed E-state index contributed by atoms with van der Waals surface area (Å²) in [6, 6.07) is 1.98. The van der Waals surface area contributed by atoms with Gasteiger partial charge in [0.15, 0.2) is 5.65 Å². The van der Waals surface area contributed by atoms with Gasteiger partial charge in [-0.15, -0.1) is 0 Å². The number of amides is 1. The highest BCUT2D eigenvalue weighted by Crippen LogP contribution is 2.15. The second-order valence-electron chi connectivity index (χ2n) is 5.49. The third-order valence-corrected chi connectivity index (χ3v) is 3.77. The first-order chi connectivity index (χ1) is 10.5. The van der Waals surface area contributed by atoms with Gasteiger partial charge >= 0.3 is 6.09 Å². The van der Waals surface area contributed by atoms with Crippen LogP contribution in [0, 0.1) is 0 Å². The van der Waals surface area contributed by atoms with Crippen molar-refractivity contribution in [2.75, 3.05) is 13.6 Å². The number of carbonyl (C=O) groups is 1. The molecule has 0 radical (unpaired) electrons. The fourth-order valence-corrected chi connectivity index (χ4v) is 2.42. The topological polar surface area (TPSA) is 59.7 Å². The van der Waals surface area contributed by atoms with Gasteiger partial charge in [-0.2, -0.15) is 5.10 Å². The predicted octanol–water partition coefficient (Wildman–Crippen LogP) is 3.29. The van der Waals surface area contributed by atoms with Crippen LogP contribution in [0.4, 0.5) is 4.79 Å². The SMILES string of the molecule is CC(C)OC(=O)N(C)CCCCc1ccn2ncc(Br)c2n1. The van der Waals surface area contributed by atoms with Crippen LogP contribution >= 0.6 is 15.9 Å². The predicted molar refractivity (Wildman–Crippen MR) is 87.9 cm³/mol. The highest BCUT2D eigenvalue weighted by molar-refractivity contribution is 9.10. The molecular weight excluding hydrogens is 348 g/mol. The summed E-state index contributed by atoms with van der Waals surface area (Å²) in [5.74, 6) is 0. The van der Waals surface area contributed by atoms with Crippen LogP contribution in [0.25, 0.3) is 5.65 Å². The molecule has 0 saturated heterocycles. The van der Waals surface area contributed by atoms with Gasteiger partial charge in [-0.05, 0) is 55.1 Å². The number of aryl methyl sites for hydroxylation is 1. The van der Waals surface area contributed by atoms with E-state index in [4.69, 9.17) is 4.74 Å². The molecule has 2 rings (SSSR count). The van der Waals surface area contributed by atoms with Gasteiger partial charge in [-0.25, -0.2) is 14.3 Å². The van der Waals surface area contributed by atoms with E-state index in [9.17, 15) is 4.79 Å². The zero-order valence-electron chi connectivity index (χ0n) is 13.1. The van der Waals surface area contributed by atoms with E-state index in [1.54, 1.807) is 22.7 Å². The number of halogens is 1. The molecule has 2 aromatic rings. The first kappa shape index (κ1) is 16.7. The monoisotopic (exact) mass is 368 g/mol. The second-order valence-corrected chi connectivity index (χ2v) is 6.35. The van der Waals surface area contributed by atoms with Gasteiger partial charge in [0.05, 0.1) is 16.8 Å². The van der Waals surface area contributed by atoms with Gasteiger partial charge in [0.25, 0.3) is 0 Å². The third-order valence-electron chi connectivity index (χ3n) is 3.21. The van der Waals surface area contributed by atoms with E-state index >= 15 is 0 Å². The molecule has 0 unspecified atom stereocenters. The first-order valence-corrected chi connectivity index (χ1v) is 8.17. The number of fused-ring (bicyclic) bond motifs is 1. The largest absolute Gasteiger partial charge is 0.447 e. The van der Waals surface area contributed by atoms with Crippen molar-refractivity contribution in [2.24, 2.45) is 0 Å². The van der Waals surface area contributed by atoms with E-state index in [0.29, 0.717) is 6.54 Å². The Balaban J connectivity index is 1.78. The van der Waals surface area contributed by atoms with E-state index in [1.807, 2.05) is 26.1 Å². The number of unbranched alkanes of at least 4 members (excludes halogenated alkanes) is 1. The summed E-state index contributed by atoms with van der Waals surface area (Å²) in [6.07, 6.45) is 6.06. The van der Waals surface area contributed by atoms with Crippen molar-refractivity contribution >= 4 is 27.7 Å². The van der Waals surface area contributed by atoms with Crippen LogP contribution in [0.3, 0.4) is 0 Å². The summed E-state index contributed by atoms with van der Waals surface area (Å²) in [4.78, 5) is 17.8. The van der Waals surface area contributed by atoms with E-state index in [-0.39, 0.29) is 12.2 Å². The molecule has 0 saturated carbocycles. The Morgan fingerprint density at radius 1 is 1.45 bits per heavy atom. The van der Waals surface area contributed by atoms with Gasteiger partial charge in [-0.3, -0.25) is 0 Å². The van der Waals surface area contributed by atoms with Gasteiger partial charge in [-0.1, -0.05) is 0 Å². The number of ether oxygens (including phenoxy) is 1. The van der Waals surface area contributed by atoms with Crippen LogP contribution in [-0.2, 0) is 11.2 Å². The molecule has 0 bridgehead atoms. The minimum atomic E-state index is -0.266. The van der Waals surface area contributed by atoms with Gasteiger partial charge in [0.2, 0.25) is 0 Å². The molecule has 2 heterocycles. The molecule has 0 aliphatic rings. The van der Waals surface area contributed by atoms with Crippen LogP contribution in [0.2, 0.25) is 0 Å². The number of aromatic nitrogens is 3. The Hall–Kier alpha value is -1.63. The molecule has 2 aromatic heterocycles. The molecule has 0 aliphatic carbocycles. The summed E-state index contributed by atoms with van der Waals surface area (Å²) < 4.78 is 7.77. The number of rotatable bonds is 6. The highest BCUT2D eigenvalue weighted by atomic mass is 79.9. The maximum atomic E-state index is 11.6. The Labute approximate surface area is 138 Å². The van der Waals surface area contributed by atoms with Crippen LogP contribution < -0.4 is 0 Å². The quantitative estimate of drug-likeness (QED) is 0.734. The first-order valence-electron chi connectivity index (χ1n) is 7.38. The lowest BCUT2D eigenvalue weighted by Crippen LogP contribution is -2.30. The molecule has 0 N–H and O–H groups in total. The summed E-state index contributed by atoms with van der Waals surface area (Å²) in [5.41, 5.74) is 1.86. The zero-order chi connectivity index (χ0) is 16.1. The van der Waals surface area contributed by atoms with E-state index < -0.39 is 0 Å². The average molecular weight is 369 g/mol. The van der Waals surface area contributed by atoms with Crippen molar-refractivity contribution in [3.8, 4) is 0 Å². The van der Waals surface area contributed by atoms with Gasteiger partial charge < -0.3 is 9.64 Å². The summed E-state index contributed by atoms with van der Waals surface area (Å²) >= 11 is 3.43. The molecule has 1 amide bonds. The molecule has 6 nitrogen and oxygen atoms in total. The van der Waals surface area contributed by atoms with Crippen LogP contribution in [0.5, 0.6) is 0 Å². The lowest BCUT2D eigenvalue weighted by atomic mass is 10.2. The van der Waals surface area contributed by atoms with Gasteiger partial charge in [0.1, 0.15) is 0 Å². The highest BCUT2D eigenvalue weighted by Gasteiger charge is 2.11. The molecule has 0 aliphatic heterocycles. The van der Waals surface area contributed by atoms with Crippen LogP contribution in [0.15, 0.2) is 22.9 Å². The van der Waals surface area contributed by atoms with E-state index in [0.717, 1.165) is 35.1 Å². The maximum Gasteiger partial charge on any atom is 0.409 e. The zero-order valence-corrected chi connectivity index (χ0v) is 14.7. The lowest BCUT2D eigenvalue weighted by molar-refractivity contribution is 0.0837. The minimum Gasteiger partial charge on any atom is -0.447 e. The molecule has 0 fully saturated rings. The number of carbonyl (C=O) groups excluding carboxylic acids is 1. The Morgan fingerprint density at radius 2 is 2.23 bits per heavy atom. The van der Waals surface area contributed by atoms with Crippen molar-refractivity contribution in [2.45, 2.75) is 39.2 Å². The molecule has 7 heteroatoms. The normalized spacial score (nSPS) is 11.1. The molecular formula is C15H21BrN4O2. The lowest BCUT2D eigenvalue weighted by Gasteiger charge is -2.18. The molecule has 0 atom stereocenters. The van der Waals surface area contributed by atoms with Crippen LogP contribution in [0.1, 0.15) is 32.4 Å². The smallest absolute Gasteiger partial charge is 0.409 e. The summed E-state index contributed by atoms with van der Waals surface area (Å²) in [5, 5.41) is 4.17. The molecule has 0 spiro atoms. The maximum absolute atomic E-state index is 11.6. The van der Waals surface area contributed by atoms with Crippen molar-refractivity contribution in [3.05, 3.63) is 28.6 Å². The Kier molecular flexibility index (Phi) is 5.76. The Morgan fingerprint density at radius 3 is 2.95 bits per heavy atom. The summed E-state index contributed by atoms with van der Waals surface area (Å²) in [7, 11) is 1.76. The molecule has 0 aromatic carbocycles. The van der Waals surface area contributed by atoms with E-state index in [1.165, 1.54) is 0 Å². The molecule has 120 valence electrons. The van der Waals surface area contributed by atoms with Crippen molar-refractivity contribution in [3.63, 3.8) is 0 Å². The molecule has 22 heavy (non-hydrogen) atoms. The van der Waals surface area contributed by atoms with Gasteiger partial charge in [0, 0.05) is 25.5 Å². The minimum absolute atomic E-state index is 0.0834. The fraction of sp³-hybridized carbons (Fsp3) is 0.533. The number of hydrogen-bond acceptors (Lipinski definition) is 4. The van der Waals surface area contributed by atoms with Crippen LogP contribution in [-0.4, -0.2) is 45.3 Å². The Bertz CT molecular complexity index is 642. The van der Waals surface area contributed by atoms with Crippen molar-refractivity contribution in [1.29, 1.82) is 0 Å². The van der Waals surface area contributed by atoms with Crippen molar-refractivity contribution in [1.82, 2.24) is 19.5 Å².